The number of hydrogen-bond acceptors (Lipinski definition) is 6. The lowest BCUT2D eigenvalue weighted by molar-refractivity contribution is 0.594. The summed E-state index contributed by atoms with van der Waals surface area (Å²) in [6.07, 6.45) is 2.39. The quantitative estimate of drug-likeness (QED) is 0.664. The first-order valence-electron chi connectivity index (χ1n) is 7.42. The Labute approximate surface area is 157 Å². The van der Waals surface area contributed by atoms with Gasteiger partial charge in [0, 0.05) is 17.8 Å². The van der Waals surface area contributed by atoms with Crippen LogP contribution in [0.4, 0.5) is 0 Å². The fourth-order valence-electron chi connectivity index (χ4n) is 2.55. The Hall–Kier alpha value is -1.61. The van der Waals surface area contributed by atoms with Gasteiger partial charge in [-0.3, -0.25) is 0 Å². The van der Waals surface area contributed by atoms with Gasteiger partial charge in [0.15, 0.2) is 10.5 Å². The second kappa shape index (κ2) is 7.74. The van der Waals surface area contributed by atoms with Crippen molar-refractivity contribution in [2.24, 2.45) is 5.73 Å². The lowest BCUT2D eigenvalue weighted by atomic mass is 10.2. The minimum absolute atomic E-state index is 0. The zero-order chi connectivity index (χ0) is 17.3. The van der Waals surface area contributed by atoms with Gasteiger partial charge in [0.1, 0.15) is 5.03 Å². The fourth-order valence-corrected chi connectivity index (χ4v) is 4.97. The van der Waals surface area contributed by atoms with Gasteiger partial charge in [0.25, 0.3) is 0 Å². The molecule has 0 atom stereocenters. The highest BCUT2D eigenvalue weighted by Gasteiger charge is 2.28. The molecule has 0 aliphatic heterocycles. The number of sulfone groups is 1. The van der Waals surface area contributed by atoms with E-state index in [4.69, 9.17) is 5.73 Å². The molecule has 2 N–H and O–H groups in total. The second-order valence-electron chi connectivity index (χ2n) is 5.32. The van der Waals surface area contributed by atoms with Crippen LogP contribution in [0.5, 0.6) is 0 Å². The number of thioether (sulfide) groups is 1. The molecule has 2 aromatic heterocycles. The van der Waals surface area contributed by atoms with Crippen LogP contribution in [-0.4, -0.2) is 35.8 Å². The zero-order valence-electron chi connectivity index (χ0n) is 13.8. The number of fused-ring (bicyclic) bond motifs is 1. The van der Waals surface area contributed by atoms with E-state index in [1.165, 1.54) is 11.8 Å². The number of benzene rings is 1. The van der Waals surface area contributed by atoms with Gasteiger partial charge in [-0.1, -0.05) is 18.2 Å². The third kappa shape index (κ3) is 3.52. The molecule has 0 bridgehead atoms. The normalized spacial score (nSPS) is 11.5. The maximum Gasteiger partial charge on any atom is 0.213 e. The van der Waals surface area contributed by atoms with E-state index in [9.17, 15) is 8.42 Å². The Morgan fingerprint density at radius 2 is 1.92 bits per heavy atom. The third-order valence-corrected chi connectivity index (χ3v) is 6.27. The molecule has 6 nitrogen and oxygen atoms in total. The Balaban J connectivity index is 0.00000225. The molecule has 0 unspecified atom stereocenters. The lowest BCUT2D eigenvalue weighted by Gasteiger charge is -2.06. The van der Waals surface area contributed by atoms with Crippen molar-refractivity contribution in [2.75, 3.05) is 12.8 Å². The van der Waals surface area contributed by atoms with Gasteiger partial charge in [-0.25, -0.2) is 17.9 Å². The van der Waals surface area contributed by atoms with E-state index in [0.717, 1.165) is 11.4 Å². The van der Waals surface area contributed by atoms with Crippen LogP contribution in [0, 0.1) is 6.92 Å². The first-order chi connectivity index (χ1) is 11.5. The summed E-state index contributed by atoms with van der Waals surface area (Å²) in [5, 5.41) is 4.87. The van der Waals surface area contributed by atoms with E-state index >= 15 is 0 Å². The number of nitrogens with two attached hydrogens (primary N) is 1. The minimum Gasteiger partial charge on any atom is -0.330 e. The summed E-state index contributed by atoms with van der Waals surface area (Å²) in [5.74, 6) is 0. The van der Waals surface area contributed by atoms with Gasteiger partial charge < -0.3 is 5.73 Å². The zero-order valence-corrected chi connectivity index (χ0v) is 16.3. The lowest BCUT2D eigenvalue weighted by Crippen LogP contribution is -2.08. The molecular weight excluding hydrogens is 380 g/mol. The first kappa shape index (κ1) is 19.7. The molecule has 134 valence electrons. The third-order valence-electron chi connectivity index (χ3n) is 3.66. The van der Waals surface area contributed by atoms with Crippen LogP contribution in [0.3, 0.4) is 0 Å². The topological polar surface area (TPSA) is 90.3 Å². The second-order valence-corrected chi connectivity index (χ2v) is 8.00. The molecule has 25 heavy (non-hydrogen) atoms. The van der Waals surface area contributed by atoms with Crippen LogP contribution in [0.15, 0.2) is 51.2 Å². The Bertz CT molecular complexity index is 988. The van der Waals surface area contributed by atoms with Crippen LogP contribution in [0.1, 0.15) is 11.4 Å². The maximum absolute atomic E-state index is 13.1. The molecule has 2 heterocycles. The van der Waals surface area contributed by atoms with Crippen LogP contribution < -0.4 is 5.73 Å². The van der Waals surface area contributed by atoms with Crippen molar-refractivity contribution < 1.29 is 8.42 Å². The molecule has 3 aromatic rings. The van der Waals surface area contributed by atoms with Crippen molar-refractivity contribution in [1.82, 2.24) is 14.6 Å². The average molecular weight is 399 g/mol. The van der Waals surface area contributed by atoms with Crippen molar-refractivity contribution in [3.8, 4) is 0 Å². The van der Waals surface area contributed by atoms with Crippen molar-refractivity contribution in [1.29, 1.82) is 0 Å². The number of aromatic nitrogens is 3. The van der Waals surface area contributed by atoms with Gasteiger partial charge >= 0.3 is 0 Å². The van der Waals surface area contributed by atoms with Gasteiger partial charge in [-0.05, 0) is 37.9 Å². The Morgan fingerprint density at radius 1 is 1.24 bits per heavy atom. The minimum atomic E-state index is -3.71. The number of aryl methyl sites for hydroxylation is 1. The van der Waals surface area contributed by atoms with E-state index < -0.39 is 9.84 Å². The van der Waals surface area contributed by atoms with Crippen molar-refractivity contribution in [3.63, 3.8) is 0 Å². The highest BCUT2D eigenvalue weighted by Crippen LogP contribution is 2.32. The molecule has 0 fully saturated rings. The van der Waals surface area contributed by atoms with Gasteiger partial charge in [-0.15, -0.1) is 24.2 Å². The largest absolute Gasteiger partial charge is 0.330 e. The highest BCUT2D eigenvalue weighted by atomic mass is 35.5. The molecule has 3 rings (SSSR count). The SMILES string of the molecule is CSc1nn2c(C)cc(CCN)nc2c1S(=O)(=O)c1ccccc1.Cl. The summed E-state index contributed by atoms with van der Waals surface area (Å²) in [6, 6.07) is 10.2. The van der Waals surface area contributed by atoms with Crippen molar-refractivity contribution >= 4 is 39.7 Å². The summed E-state index contributed by atoms with van der Waals surface area (Å²) in [6.45, 7) is 2.33. The van der Waals surface area contributed by atoms with E-state index in [1.807, 2.05) is 19.2 Å². The fraction of sp³-hybridized carbons (Fsp3) is 0.250. The van der Waals surface area contributed by atoms with Crippen LogP contribution >= 0.6 is 24.2 Å². The average Bonchev–Trinajstić information content (AvgIpc) is 2.96. The molecule has 0 radical (unpaired) electrons. The summed E-state index contributed by atoms with van der Waals surface area (Å²) < 4.78 is 27.9. The predicted molar refractivity (Wildman–Crippen MR) is 101 cm³/mol. The monoisotopic (exact) mass is 398 g/mol. The van der Waals surface area contributed by atoms with Crippen LogP contribution in [-0.2, 0) is 16.3 Å². The summed E-state index contributed by atoms with van der Waals surface area (Å²) >= 11 is 1.29. The molecule has 0 amide bonds. The predicted octanol–water partition coefficient (Wildman–Crippen LogP) is 2.52. The molecule has 9 heteroatoms. The number of nitrogens with zero attached hydrogens (tertiary/aromatic N) is 3. The number of halogens is 1. The summed E-state index contributed by atoms with van der Waals surface area (Å²) in [4.78, 5) is 4.90. The highest BCUT2D eigenvalue weighted by molar-refractivity contribution is 7.99. The van der Waals surface area contributed by atoms with Gasteiger partial charge in [-0.2, -0.15) is 5.10 Å². The van der Waals surface area contributed by atoms with Crippen molar-refractivity contribution in [3.05, 3.63) is 47.8 Å². The van der Waals surface area contributed by atoms with E-state index in [1.54, 1.807) is 34.8 Å². The van der Waals surface area contributed by atoms with E-state index in [0.29, 0.717) is 23.6 Å². The Morgan fingerprint density at radius 3 is 2.52 bits per heavy atom. The molecule has 0 saturated heterocycles. The van der Waals surface area contributed by atoms with Crippen LogP contribution in [0.2, 0.25) is 0 Å². The molecule has 0 saturated carbocycles. The number of rotatable bonds is 5. The van der Waals surface area contributed by atoms with Gasteiger partial charge in [0.2, 0.25) is 9.84 Å². The van der Waals surface area contributed by atoms with E-state index in [-0.39, 0.29) is 22.2 Å². The Kier molecular flexibility index (Phi) is 6.10. The molecule has 0 aliphatic rings. The first-order valence-corrected chi connectivity index (χ1v) is 10.1. The summed E-state index contributed by atoms with van der Waals surface area (Å²) in [7, 11) is -3.71. The van der Waals surface area contributed by atoms with Crippen molar-refractivity contribution in [2.45, 2.75) is 28.2 Å². The molecule has 0 aliphatic carbocycles. The van der Waals surface area contributed by atoms with E-state index in [2.05, 4.69) is 10.1 Å². The maximum atomic E-state index is 13.1. The number of hydrogen-bond donors (Lipinski definition) is 1. The standard InChI is InChI=1S/C16H18N4O2S2.ClH/c1-11-10-12(8-9-17)18-15-14(16(23-2)19-20(11)15)24(21,22)13-6-4-3-5-7-13;/h3-7,10H,8-9,17H2,1-2H3;1H. The van der Waals surface area contributed by atoms with Crippen LogP contribution in [0.25, 0.3) is 5.65 Å². The molecule has 0 spiro atoms. The molecular formula is C16H19ClN4O2S2. The summed E-state index contributed by atoms with van der Waals surface area (Å²) in [5.41, 5.74) is 7.56. The smallest absolute Gasteiger partial charge is 0.213 e. The van der Waals surface area contributed by atoms with Gasteiger partial charge in [0.05, 0.1) is 4.90 Å². The molecule has 1 aromatic carbocycles.